The monoisotopic (exact) mass is 388 g/mol. The van der Waals surface area contributed by atoms with Gasteiger partial charge in [-0.1, -0.05) is 32.3 Å². The molecule has 2 aliphatic rings. The van der Waals surface area contributed by atoms with Crippen molar-refractivity contribution < 1.29 is 0 Å². The van der Waals surface area contributed by atoms with Crippen LogP contribution in [0.4, 0.5) is 11.5 Å². The minimum Gasteiger partial charge on any atom is -0.285 e. The summed E-state index contributed by atoms with van der Waals surface area (Å²) >= 11 is 0. The topological polar surface area (TPSA) is 77.0 Å². The number of hydrogen-bond acceptors (Lipinski definition) is 6. The van der Waals surface area contributed by atoms with Crippen LogP contribution in [-0.4, -0.2) is 36.3 Å². The normalized spacial score (nSPS) is 17.2. The first-order valence-corrected chi connectivity index (χ1v) is 10.2. The lowest BCUT2D eigenvalue weighted by atomic mass is 10.1. The van der Waals surface area contributed by atoms with Crippen molar-refractivity contribution in [3.63, 3.8) is 0 Å². The molecule has 2 aromatic heterocycles. The fraction of sp³-hybridized carbons (Fsp3) is 0.381. The van der Waals surface area contributed by atoms with Gasteiger partial charge >= 0.3 is 0 Å². The summed E-state index contributed by atoms with van der Waals surface area (Å²) in [5.74, 6) is 1.73. The molecule has 1 fully saturated rings. The molecule has 148 valence electrons. The first-order chi connectivity index (χ1) is 14.3. The van der Waals surface area contributed by atoms with Crippen LogP contribution in [-0.2, 0) is 6.54 Å². The van der Waals surface area contributed by atoms with Crippen LogP contribution in [0.5, 0.6) is 0 Å². The smallest absolute Gasteiger partial charge is 0.205 e. The van der Waals surface area contributed by atoms with Crippen molar-refractivity contribution in [2.24, 2.45) is 4.99 Å². The zero-order valence-corrected chi connectivity index (χ0v) is 16.4. The number of anilines is 2. The van der Waals surface area contributed by atoms with Gasteiger partial charge in [0.05, 0.1) is 25.1 Å². The lowest BCUT2D eigenvalue weighted by molar-refractivity contribution is 0.408. The summed E-state index contributed by atoms with van der Waals surface area (Å²) < 4.78 is 2.23. The fourth-order valence-corrected chi connectivity index (χ4v) is 4.19. The Labute approximate surface area is 169 Å². The van der Waals surface area contributed by atoms with Crippen LogP contribution in [0.1, 0.15) is 50.1 Å². The lowest BCUT2D eigenvalue weighted by Gasteiger charge is -2.28. The molecule has 1 aliphatic carbocycles. The average Bonchev–Trinajstić information content (AvgIpc) is 3.34. The van der Waals surface area contributed by atoms with E-state index in [0.717, 1.165) is 17.1 Å². The van der Waals surface area contributed by atoms with Crippen molar-refractivity contribution in [2.75, 3.05) is 4.90 Å². The van der Waals surface area contributed by atoms with Gasteiger partial charge in [-0.3, -0.25) is 9.89 Å². The van der Waals surface area contributed by atoms with Crippen LogP contribution in [0.3, 0.4) is 0 Å². The first kappa shape index (κ1) is 17.8. The number of hydrogen-bond donors (Lipinski definition) is 0. The number of aliphatic imine (C=N–C) groups is 1. The molecule has 5 rings (SSSR count). The summed E-state index contributed by atoms with van der Waals surface area (Å²) in [7, 11) is 0. The molecular weight excluding hydrogens is 364 g/mol. The van der Waals surface area contributed by atoms with Gasteiger partial charge in [0, 0.05) is 23.0 Å². The van der Waals surface area contributed by atoms with Gasteiger partial charge in [0.1, 0.15) is 5.82 Å². The van der Waals surface area contributed by atoms with Gasteiger partial charge < -0.3 is 0 Å². The molecule has 0 unspecified atom stereocenters. The Kier molecular flexibility index (Phi) is 4.67. The Morgan fingerprint density at radius 2 is 1.83 bits per heavy atom. The maximum Gasteiger partial charge on any atom is 0.205 e. The molecule has 0 atom stereocenters. The third-order valence-corrected chi connectivity index (χ3v) is 5.69. The Morgan fingerprint density at radius 1 is 1.03 bits per heavy atom. The third-order valence-electron chi connectivity index (χ3n) is 5.69. The summed E-state index contributed by atoms with van der Waals surface area (Å²) in [5.41, 5.74) is 3.13. The van der Waals surface area contributed by atoms with E-state index in [2.05, 4.69) is 48.7 Å². The van der Waals surface area contributed by atoms with E-state index in [-0.39, 0.29) is 0 Å². The van der Waals surface area contributed by atoms with Gasteiger partial charge in [0.25, 0.3) is 0 Å². The van der Waals surface area contributed by atoms with E-state index >= 15 is 0 Å². The molecule has 0 spiro atoms. The van der Waals surface area contributed by atoms with Crippen LogP contribution >= 0.6 is 0 Å². The summed E-state index contributed by atoms with van der Waals surface area (Å²) in [6, 6.07) is 8.61. The van der Waals surface area contributed by atoms with Gasteiger partial charge in [-0.05, 0) is 42.3 Å². The minimum atomic E-state index is 0.465. The molecule has 8 heteroatoms. The molecule has 8 nitrogen and oxygen atoms in total. The zero-order valence-electron chi connectivity index (χ0n) is 16.4. The summed E-state index contributed by atoms with van der Waals surface area (Å²) in [4.78, 5) is 8.05. The molecular formula is C21H24N8. The van der Waals surface area contributed by atoms with E-state index in [1.54, 1.807) is 0 Å². The van der Waals surface area contributed by atoms with E-state index in [4.69, 9.17) is 5.10 Å². The quantitative estimate of drug-likeness (QED) is 0.626. The van der Waals surface area contributed by atoms with E-state index in [0.29, 0.717) is 18.4 Å². The van der Waals surface area contributed by atoms with Crippen LogP contribution in [0.2, 0.25) is 0 Å². The predicted octanol–water partition coefficient (Wildman–Crippen LogP) is 4.21. The molecule has 1 aliphatic heterocycles. The van der Waals surface area contributed by atoms with E-state index < -0.39 is 0 Å². The standard InChI is InChI=1S/C21H24N8/c1-2-28-25-20(24-26-28)16-9-11-18(12-10-16)27-15-22-13-17-14-23-29(21(17)27)19-7-5-3-4-6-8-19/h2,9-12,14-15,19H,1,3-8,13H2. The van der Waals surface area contributed by atoms with Crippen molar-refractivity contribution >= 4 is 24.0 Å². The van der Waals surface area contributed by atoms with E-state index in [1.807, 2.05) is 24.7 Å². The SMILES string of the molecule is C=Cn1nnc(-c2ccc(N3C=NCc4cnn(C5CCCCCC5)c43)cc2)n1. The summed E-state index contributed by atoms with van der Waals surface area (Å²) in [6.45, 7) is 4.34. The fourth-order valence-electron chi connectivity index (χ4n) is 4.19. The highest BCUT2D eigenvalue weighted by atomic mass is 15.6. The first-order valence-electron chi connectivity index (χ1n) is 10.2. The Bertz CT molecular complexity index is 1020. The van der Waals surface area contributed by atoms with Gasteiger partial charge in [0.2, 0.25) is 5.82 Å². The molecule has 1 saturated carbocycles. The van der Waals surface area contributed by atoms with Gasteiger partial charge in [-0.25, -0.2) is 4.68 Å². The Hall–Kier alpha value is -3.29. The van der Waals surface area contributed by atoms with Gasteiger partial charge in [0.15, 0.2) is 0 Å². The third kappa shape index (κ3) is 3.35. The molecule has 0 bridgehead atoms. The number of aromatic nitrogens is 6. The largest absolute Gasteiger partial charge is 0.285 e. The molecule has 3 heterocycles. The van der Waals surface area contributed by atoms with Crippen LogP contribution in [0, 0.1) is 0 Å². The molecule has 0 radical (unpaired) electrons. The Balaban J connectivity index is 1.46. The highest BCUT2D eigenvalue weighted by Gasteiger charge is 2.26. The maximum absolute atomic E-state index is 4.77. The number of fused-ring (bicyclic) bond motifs is 1. The summed E-state index contributed by atoms with van der Waals surface area (Å²) in [6.07, 6.45) is 13.0. The number of tetrazole rings is 1. The van der Waals surface area contributed by atoms with Crippen molar-refractivity contribution in [1.82, 2.24) is 30.0 Å². The molecule has 0 N–H and O–H groups in total. The van der Waals surface area contributed by atoms with Crippen molar-refractivity contribution in [2.45, 2.75) is 51.1 Å². The van der Waals surface area contributed by atoms with Gasteiger partial charge in [-0.15, -0.1) is 15.0 Å². The summed E-state index contributed by atoms with van der Waals surface area (Å²) in [5, 5.41) is 17.0. The number of benzene rings is 1. The molecule has 0 saturated heterocycles. The van der Waals surface area contributed by atoms with Crippen LogP contribution in [0.15, 0.2) is 42.0 Å². The second kappa shape index (κ2) is 7.62. The highest BCUT2D eigenvalue weighted by Crippen LogP contribution is 2.37. The van der Waals surface area contributed by atoms with Crippen LogP contribution in [0.25, 0.3) is 17.6 Å². The van der Waals surface area contributed by atoms with Gasteiger partial charge in [-0.2, -0.15) is 5.10 Å². The minimum absolute atomic E-state index is 0.465. The molecule has 3 aromatic rings. The second-order valence-corrected chi connectivity index (χ2v) is 7.57. The van der Waals surface area contributed by atoms with Crippen molar-refractivity contribution in [3.8, 4) is 11.4 Å². The number of nitrogens with zero attached hydrogens (tertiary/aromatic N) is 8. The highest BCUT2D eigenvalue weighted by molar-refractivity contribution is 5.91. The average molecular weight is 388 g/mol. The Morgan fingerprint density at radius 3 is 2.55 bits per heavy atom. The van der Waals surface area contributed by atoms with Crippen molar-refractivity contribution in [1.29, 1.82) is 0 Å². The second-order valence-electron chi connectivity index (χ2n) is 7.57. The predicted molar refractivity (Wildman–Crippen MR) is 113 cm³/mol. The van der Waals surface area contributed by atoms with Crippen LogP contribution < -0.4 is 4.90 Å². The van der Waals surface area contributed by atoms with Crippen molar-refractivity contribution in [3.05, 3.63) is 42.6 Å². The lowest BCUT2D eigenvalue weighted by Crippen LogP contribution is -2.24. The zero-order chi connectivity index (χ0) is 19.6. The molecule has 29 heavy (non-hydrogen) atoms. The molecule has 0 amide bonds. The molecule has 1 aromatic carbocycles. The number of rotatable bonds is 4. The van der Waals surface area contributed by atoms with E-state index in [1.165, 1.54) is 55.1 Å². The maximum atomic E-state index is 4.77. The van der Waals surface area contributed by atoms with E-state index in [9.17, 15) is 0 Å².